The molecule has 28 heavy (non-hydrogen) atoms. The van der Waals surface area contributed by atoms with Crippen LogP contribution in [-0.4, -0.2) is 38.6 Å². The van der Waals surface area contributed by atoms with Crippen molar-refractivity contribution in [2.24, 2.45) is 0 Å². The molecule has 2 aliphatic rings. The summed E-state index contributed by atoms with van der Waals surface area (Å²) < 4.78 is 11.9. The van der Waals surface area contributed by atoms with Crippen molar-refractivity contribution in [1.82, 2.24) is 5.32 Å². The Kier molecular flexibility index (Phi) is 5.15. The first kappa shape index (κ1) is 18.7. The Labute approximate surface area is 164 Å². The van der Waals surface area contributed by atoms with E-state index in [1.54, 1.807) is 11.9 Å². The van der Waals surface area contributed by atoms with Crippen LogP contribution >= 0.6 is 0 Å². The standard InChI is InChI=1S/C22H24N2O4/c1-24-19-8-7-18(14-17(19)15-21(24)26)22(27-11-12-28-22)9-10-23-20(25)13-16-5-3-2-4-6-16/h2-8,14H,9-13,15H2,1H3,(H,23,25). The van der Waals surface area contributed by atoms with E-state index in [2.05, 4.69) is 5.32 Å². The molecule has 1 N–H and O–H groups in total. The third-order valence-electron chi connectivity index (χ3n) is 5.33. The second kappa shape index (κ2) is 7.73. The molecule has 146 valence electrons. The summed E-state index contributed by atoms with van der Waals surface area (Å²) in [5.41, 5.74) is 3.79. The van der Waals surface area contributed by atoms with Crippen LogP contribution < -0.4 is 10.2 Å². The van der Waals surface area contributed by atoms with E-state index in [1.807, 2.05) is 48.5 Å². The highest BCUT2D eigenvalue weighted by Crippen LogP contribution is 2.38. The lowest BCUT2D eigenvalue weighted by Gasteiger charge is -2.28. The first-order valence-corrected chi connectivity index (χ1v) is 9.56. The molecule has 0 aliphatic carbocycles. The number of carbonyl (C=O) groups excluding carboxylic acids is 2. The molecule has 0 bridgehead atoms. The molecule has 0 spiro atoms. The fourth-order valence-corrected chi connectivity index (χ4v) is 3.83. The molecule has 2 aliphatic heterocycles. The summed E-state index contributed by atoms with van der Waals surface area (Å²) in [6, 6.07) is 15.5. The van der Waals surface area contributed by atoms with Gasteiger partial charge in [-0.1, -0.05) is 36.4 Å². The van der Waals surface area contributed by atoms with Gasteiger partial charge in [-0.2, -0.15) is 0 Å². The van der Waals surface area contributed by atoms with Crippen molar-refractivity contribution in [2.75, 3.05) is 31.7 Å². The number of hydrogen-bond donors (Lipinski definition) is 1. The molecule has 2 aromatic rings. The first-order valence-electron chi connectivity index (χ1n) is 9.56. The Hall–Kier alpha value is -2.70. The molecule has 0 atom stereocenters. The van der Waals surface area contributed by atoms with Crippen LogP contribution in [0.4, 0.5) is 5.69 Å². The van der Waals surface area contributed by atoms with Crippen LogP contribution in [0.15, 0.2) is 48.5 Å². The maximum absolute atomic E-state index is 12.2. The van der Waals surface area contributed by atoms with Crippen LogP contribution in [0.1, 0.15) is 23.1 Å². The molecule has 6 nitrogen and oxygen atoms in total. The molecule has 2 amide bonds. The number of fused-ring (bicyclic) bond motifs is 1. The normalized spacial score (nSPS) is 17.6. The molecule has 6 heteroatoms. The monoisotopic (exact) mass is 380 g/mol. The number of nitrogens with zero attached hydrogens (tertiary/aromatic N) is 1. The predicted octanol–water partition coefficient (Wildman–Crippen LogP) is 2.15. The van der Waals surface area contributed by atoms with Crippen molar-refractivity contribution in [2.45, 2.75) is 25.0 Å². The molecule has 1 fully saturated rings. The number of anilines is 1. The third-order valence-corrected chi connectivity index (χ3v) is 5.33. The molecule has 0 saturated carbocycles. The Bertz CT molecular complexity index is 875. The van der Waals surface area contributed by atoms with Crippen LogP contribution in [0.25, 0.3) is 0 Å². The fraction of sp³-hybridized carbons (Fsp3) is 0.364. The smallest absolute Gasteiger partial charge is 0.231 e. The minimum Gasteiger partial charge on any atom is -0.356 e. The van der Waals surface area contributed by atoms with E-state index < -0.39 is 5.79 Å². The van der Waals surface area contributed by atoms with Gasteiger partial charge in [0.25, 0.3) is 0 Å². The van der Waals surface area contributed by atoms with E-state index in [1.165, 1.54) is 0 Å². The number of rotatable bonds is 6. The summed E-state index contributed by atoms with van der Waals surface area (Å²) in [7, 11) is 1.79. The van der Waals surface area contributed by atoms with Crippen molar-refractivity contribution in [3.05, 3.63) is 65.2 Å². The van der Waals surface area contributed by atoms with Crippen molar-refractivity contribution < 1.29 is 19.1 Å². The molecule has 1 saturated heterocycles. The Morgan fingerprint density at radius 1 is 1.14 bits per heavy atom. The summed E-state index contributed by atoms with van der Waals surface area (Å²) in [5.74, 6) is -0.817. The maximum Gasteiger partial charge on any atom is 0.231 e. The summed E-state index contributed by atoms with van der Waals surface area (Å²) in [5, 5.41) is 2.96. The summed E-state index contributed by atoms with van der Waals surface area (Å²) in [6.07, 6.45) is 1.25. The minimum atomic E-state index is -0.876. The third kappa shape index (κ3) is 3.66. The summed E-state index contributed by atoms with van der Waals surface area (Å²) in [6.45, 7) is 1.46. The van der Waals surface area contributed by atoms with Crippen LogP contribution in [0.5, 0.6) is 0 Å². The van der Waals surface area contributed by atoms with E-state index in [9.17, 15) is 9.59 Å². The zero-order chi connectivity index (χ0) is 19.6. The summed E-state index contributed by atoms with van der Waals surface area (Å²) >= 11 is 0. The molecule has 2 heterocycles. The van der Waals surface area contributed by atoms with Crippen molar-refractivity contribution in [3.63, 3.8) is 0 Å². The average molecular weight is 380 g/mol. The number of hydrogen-bond acceptors (Lipinski definition) is 4. The van der Waals surface area contributed by atoms with Crippen molar-refractivity contribution in [1.29, 1.82) is 0 Å². The predicted molar refractivity (Wildman–Crippen MR) is 105 cm³/mol. The molecular formula is C22H24N2O4. The van der Waals surface area contributed by atoms with Crippen molar-refractivity contribution >= 4 is 17.5 Å². The molecule has 4 rings (SSSR count). The second-order valence-corrected chi connectivity index (χ2v) is 7.19. The number of carbonyl (C=O) groups is 2. The van der Waals surface area contributed by atoms with Gasteiger partial charge in [0.1, 0.15) is 0 Å². The van der Waals surface area contributed by atoms with Crippen LogP contribution in [0, 0.1) is 0 Å². The highest BCUT2D eigenvalue weighted by molar-refractivity contribution is 6.00. The highest BCUT2D eigenvalue weighted by Gasteiger charge is 2.39. The van der Waals surface area contributed by atoms with Crippen LogP contribution in [-0.2, 0) is 37.7 Å². The van der Waals surface area contributed by atoms with Gasteiger partial charge in [-0.3, -0.25) is 9.59 Å². The van der Waals surface area contributed by atoms with Gasteiger partial charge in [0.15, 0.2) is 5.79 Å². The Balaban J connectivity index is 1.42. The zero-order valence-corrected chi connectivity index (χ0v) is 15.9. The largest absolute Gasteiger partial charge is 0.356 e. The molecular weight excluding hydrogens is 356 g/mol. The van der Waals surface area contributed by atoms with E-state index in [-0.39, 0.29) is 11.8 Å². The fourth-order valence-electron chi connectivity index (χ4n) is 3.83. The molecule has 0 unspecified atom stereocenters. The van der Waals surface area contributed by atoms with Crippen LogP contribution in [0.3, 0.4) is 0 Å². The quantitative estimate of drug-likeness (QED) is 0.834. The van der Waals surface area contributed by atoms with E-state index in [4.69, 9.17) is 9.47 Å². The van der Waals surface area contributed by atoms with Gasteiger partial charge in [0.05, 0.1) is 26.1 Å². The second-order valence-electron chi connectivity index (χ2n) is 7.19. The van der Waals surface area contributed by atoms with E-state index in [0.717, 1.165) is 22.4 Å². The number of likely N-dealkylation sites (N-methyl/N-ethyl adjacent to an activating group) is 1. The number of benzene rings is 2. The topological polar surface area (TPSA) is 67.9 Å². The van der Waals surface area contributed by atoms with Crippen molar-refractivity contribution in [3.8, 4) is 0 Å². The Morgan fingerprint density at radius 2 is 1.89 bits per heavy atom. The lowest BCUT2D eigenvalue weighted by atomic mass is 9.98. The van der Waals surface area contributed by atoms with Gasteiger partial charge < -0.3 is 19.7 Å². The van der Waals surface area contributed by atoms with E-state index in [0.29, 0.717) is 39.0 Å². The van der Waals surface area contributed by atoms with Gasteiger partial charge in [-0.15, -0.1) is 0 Å². The molecule has 0 aromatic heterocycles. The lowest BCUT2D eigenvalue weighted by Crippen LogP contribution is -2.34. The highest BCUT2D eigenvalue weighted by atomic mass is 16.7. The van der Waals surface area contributed by atoms with Crippen LogP contribution in [0.2, 0.25) is 0 Å². The molecule has 2 aromatic carbocycles. The lowest BCUT2D eigenvalue weighted by molar-refractivity contribution is -0.170. The number of nitrogens with one attached hydrogen (secondary N) is 1. The minimum absolute atomic E-state index is 0.0273. The van der Waals surface area contributed by atoms with Gasteiger partial charge >= 0.3 is 0 Å². The van der Waals surface area contributed by atoms with Gasteiger partial charge in [-0.05, 0) is 23.3 Å². The van der Waals surface area contributed by atoms with Gasteiger partial charge in [0, 0.05) is 31.3 Å². The first-order chi connectivity index (χ1) is 13.6. The average Bonchev–Trinajstić information content (AvgIpc) is 3.28. The summed E-state index contributed by atoms with van der Waals surface area (Å²) in [4.78, 5) is 25.8. The maximum atomic E-state index is 12.2. The van der Waals surface area contributed by atoms with E-state index >= 15 is 0 Å². The number of amides is 2. The van der Waals surface area contributed by atoms with Gasteiger partial charge in [-0.25, -0.2) is 0 Å². The molecule has 0 radical (unpaired) electrons. The van der Waals surface area contributed by atoms with Gasteiger partial charge in [0.2, 0.25) is 11.8 Å². The zero-order valence-electron chi connectivity index (χ0n) is 15.9. The number of ether oxygens (including phenoxy) is 2. The SMILES string of the molecule is CN1C(=O)Cc2cc(C3(CCNC(=O)Cc4ccccc4)OCCO3)ccc21. The Morgan fingerprint density at radius 3 is 2.64 bits per heavy atom.